The number of carbonyl (C=O) groups excluding carboxylic acids is 1. The van der Waals surface area contributed by atoms with Crippen LogP contribution in [-0.2, 0) is 14.9 Å². The smallest absolute Gasteiger partial charge is 0.339 e. The lowest BCUT2D eigenvalue weighted by molar-refractivity contribution is 0.0600. The normalized spacial score (nSPS) is 11.1. The van der Waals surface area contributed by atoms with Crippen LogP contribution in [0.1, 0.15) is 15.9 Å². The second-order valence-electron chi connectivity index (χ2n) is 4.59. The van der Waals surface area contributed by atoms with Crippen LogP contribution in [0.5, 0.6) is 5.75 Å². The van der Waals surface area contributed by atoms with Gasteiger partial charge in [-0.05, 0) is 42.8 Å². The molecule has 0 amide bonds. The first kappa shape index (κ1) is 16.9. The molecule has 0 aliphatic heterocycles. The van der Waals surface area contributed by atoms with Gasteiger partial charge in [0.15, 0.2) is 11.6 Å². The van der Waals surface area contributed by atoms with E-state index in [-0.39, 0.29) is 21.8 Å². The van der Waals surface area contributed by atoms with E-state index in [0.717, 1.165) is 12.1 Å². The molecule has 0 unspecified atom stereocenters. The highest BCUT2D eigenvalue weighted by Gasteiger charge is 2.21. The Balaban J connectivity index is 2.36. The zero-order valence-electron chi connectivity index (χ0n) is 12.2. The largest absolute Gasteiger partial charge is 0.465 e. The number of hydrogen-bond acceptors (Lipinski definition) is 5. The third kappa shape index (κ3) is 3.65. The SMILES string of the molecule is COC(=O)c1ccc(S(=O)(=O)Oc2ccc(F)c(F)c2)c(C)c1. The lowest BCUT2D eigenvalue weighted by atomic mass is 10.1. The highest BCUT2D eigenvalue weighted by molar-refractivity contribution is 7.87. The molecule has 0 saturated heterocycles. The highest BCUT2D eigenvalue weighted by Crippen LogP contribution is 2.23. The fourth-order valence-corrected chi connectivity index (χ4v) is 3.01. The van der Waals surface area contributed by atoms with Crippen LogP contribution in [0.2, 0.25) is 0 Å². The van der Waals surface area contributed by atoms with E-state index in [1.165, 1.54) is 32.2 Å². The molecule has 23 heavy (non-hydrogen) atoms. The molecule has 122 valence electrons. The van der Waals surface area contributed by atoms with Crippen LogP contribution in [0.15, 0.2) is 41.3 Å². The molecule has 5 nitrogen and oxygen atoms in total. The average molecular weight is 342 g/mol. The standard InChI is InChI=1S/C15H12F2O5S/c1-9-7-10(15(18)21-2)3-6-14(9)23(19,20)22-11-4-5-12(16)13(17)8-11/h3-8H,1-2H3. The molecule has 0 atom stereocenters. The van der Waals surface area contributed by atoms with Gasteiger partial charge in [0.25, 0.3) is 0 Å². The van der Waals surface area contributed by atoms with Crippen molar-refractivity contribution < 1.29 is 30.9 Å². The number of hydrogen-bond donors (Lipinski definition) is 0. The molecule has 2 aromatic carbocycles. The number of carbonyl (C=O) groups is 1. The van der Waals surface area contributed by atoms with E-state index < -0.39 is 27.7 Å². The Morgan fingerprint density at radius 2 is 1.74 bits per heavy atom. The summed E-state index contributed by atoms with van der Waals surface area (Å²) in [5.41, 5.74) is 0.423. The number of rotatable bonds is 4. The number of esters is 1. The van der Waals surface area contributed by atoms with Crippen LogP contribution in [0.25, 0.3) is 0 Å². The van der Waals surface area contributed by atoms with Gasteiger partial charge in [-0.15, -0.1) is 0 Å². The maximum Gasteiger partial charge on any atom is 0.339 e. The molecule has 0 spiro atoms. The van der Waals surface area contributed by atoms with Gasteiger partial charge in [-0.2, -0.15) is 8.42 Å². The maximum atomic E-state index is 13.1. The molecule has 2 aromatic rings. The topological polar surface area (TPSA) is 69.7 Å². The molecule has 0 heterocycles. The zero-order chi connectivity index (χ0) is 17.2. The molecular weight excluding hydrogens is 330 g/mol. The first-order chi connectivity index (χ1) is 10.7. The summed E-state index contributed by atoms with van der Waals surface area (Å²) in [7, 11) is -3.06. The minimum Gasteiger partial charge on any atom is -0.465 e. The van der Waals surface area contributed by atoms with Gasteiger partial charge in [-0.25, -0.2) is 13.6 Å². The molecule has 2 rings (SSSR count). The quantitative estimate of drug-likeness (QED) is 0.631. The van der Waals surface area contributed by atoms with Crippen molar-refractivity contribution in [2.24, 2.45) is 0 Å². The van der Waals surface area contributed by atoms with Crippen molar-refractivity contribution in [2.45, 2.75) is 11.8 Å². The van der Waals surface area contributed by atoms with Gasteiger partial charge in [-0.1, -0.05) is 0 Å². The van der Waals surface area contributed by atoms with Crippen molar-refractivity contribution in [1.29, 1.82) is 0 Å². The van der Waals surface area contributed by atoms with Gasteiger partial charge in [-0.3, -0.25) is 0 Å². The third-order valence-electron chi connectivity index (χ3n) is 2.96. The lowest BCUT2D eigenvalue weighted by Gasteiger charge is -2.10. The summed E-state index contributed by atoms with van der Waals surface area (Å²) in [5.74, 6) is -3.32. The Hall–Kier alpha value is -2.48. The summed E-state index contributed by atoms with van der Waals surface area (Å²) in [5, 5.41) is 0. The van der Waals surface area contributed by atoms with Gasteiger partial charge in [0.05, 0.1) is 12.7 Å². The Kier molecular flexibility index (Phi) is 4.65. The van der Waals surface area contributed by atoms with Crippen LogP contribution in [0.3, 0.4) is 0 Å². The minimum absolute atomic E-state index is 0.178. The fourth-order valence-electron chi connectivity index (χ4n) is 1.87. The molecule has 0 bridgehead atoms. The van der Waals surface area contributed by atoms with Gasteiger partial charge in [0.1, 0.15) is 10.6 Å². The van der Waals surface area contributed by atoms with E-state index in [0.29, 0.717) is 6.07 Å². The molecule has 0 N–H and O–H groups in total. The Bertz CT molecular complexity index is 862. The molecule has 0 aromatic heterocycles. The first-order valence-corrected chi connectivity index (χ1v) is 7.74. The van der Waals surface area contributed by atoms with Crippen LogP contribution in [0, 0.1) is 18.6 Å². The molecule has 8 heteroatoms. The van der Waals surface area contributed by atoms with Crippen LogP contribution in [0.4, 0.5) is 8.78 Å². The summed E-state index contributed by atoms with van der Waals surface area (Å²) >= 11 is 0. The predicted molar refractivity (Wildman–Crippen MR) is 76.7 cm³/mol. The fraction of sp³-hybridized carbons (Fsp3) is 0.133. The van der Waals surface area contributed by atoms with Crippen LogP contribution >= 0.6 is 0 Å². The molecule has 0 saturated carbocycles. The zero-order valence-corrected chi connectivity index (χ0v) is 13.0. The average Bonchev–Trinajstić information content (AvgIpc) is 2.49. The van der Waals surface area contributed by atoms with Crippen molar-refractivity contribution in [3.63, 3.8) is 0 Å². The van der Waals surface area contributed by atoms with Crippen molar-refractivity contribution in [3.8, 4) is 5.75 Å². The molecule has 0 radical (unpaired) electrons. The summed E-state index contributed by atoms with van der Waals surface area (Å²) in [6.45, 7) is 1.47. The van der Waals surface area contributed by atoms with Crippen molar-refractivity contribution in [1.82, 2.24) is 0 Å². The van der Waals surface area contributed by atoms with Crippen molar-refractivity contribution in [3.05, 3.63) is 59.2 Å². The summed E-state index contributed by atoms with van der Waals surface area (Å²) in [6.07, 6.45) is 0. The monoisotopic (exact) mass is 342 g/mol. The number of benzene rings is 2. The minimum atomic E-state index is -4.26. The van der Waals surface area contributed by atoms with Crippen LogP contribution < -0.4 is 4.18 Å². The van der Waals surface area contributed by atoms with Gasteiger partial charge < -0.3 is 8.92 Å². The number of ether oxygens (including phenoxy) is 1. The molecule has 0 aliphatic rings. The van der Waals surface area contributed by atoms with Gasteiger partial charge in [0.2, 0.25) is 0 Å². The first-order valence-electron chi connectivity index (χ1n) is 6.33. The predicted octanol–water partition coefficient (Wildman–Crippen LogP) is 2.83. The number of aryl methyl sites for hydroxylation is 1. The summed E-state index contributed by atoms with van der Waals surface area (Å²) < 4.78 is 59.7. The maximum absolute atomic E-state index is 13.1. The van der Waals surface area contributed by atoms with Crippen molar-refractivity contribution in [2.75, 3.05) is 7.11 Å². The Labute approximate surface area is 131 Å². The molecule has 0 fully saturated rings. The lowest BCUT2D eigenvalue weighted by Crippen LogP contribution is -2.12. The highest BCUT2D eigenvalue weighted by atomic mass is 32.2. The Morgan fingerprint density at radius 3 is 2.30 bits per heavy atom. The molecular formula is C15H12F2O5S. The van der Waals surface area contributed by atoms with Gasteiger partial charge in [0, 0.05) is 6.07 Å². The third-order valence-corrected chi connectivity index (χ3v) is 4.37. The second-order valence-corrected chi connectivity index (χ2v) is 6.10. The van der Waals surface area contributed by atoms with Crippen molar-refractivity contribution >= 4 is 16.1 Å². The second kappa shape index (κ2) is 6.33. The molecule has 0 aliphatic carbocycles. The van der Waals surface area contributed by atoms with E-state index in [1.807, 2.05) is 0 Å². The van der Waals surface area contributed by atoms with E-state index in [1.54, 1.807) is 0 Å². The van der Waals surface area contributed by atoms with E-state index in [4.69, 9.17) is 4.18 Å². The summed E-state index contributed by atoms with van der Waals surface area (Å²) in [6, 6.07) is 6.15. The number of halogens is 2. The van der Waals surface area contributed by atoms with E-state index in [2.05, 4.69) is 4.74 Å². The summed E-state index contributed by atoms with van der Waals surface area (Å²) in [4.78, 5) is 11.2. The Morgan fingerprint density at radius 1 is 1.04 bits per heavy atom. The van der Waals surface area contributed by atoms with Crippen LogP contribution in [-0.4, -0.2) is 21.5 Å². The van der Waals surface area contributed by atoms with E-state index in [9.17, 15) is 22.0 Å². The van der Waals surface area contributed by atoms with Gasteiger partial charge >= 0.3 is 16.1 Å². The number of methoxy groups -OCH3 is 1. The van der Waals surface area contributed by atoms with E-state index >= 15 is 0 Å².